The van der Waals surface area contributed by atoms with E-state index in [1.807, 2.05) is 23.4 Å². The number of rotatable bonds is 4. The first-order valence-electron chi connectivity index (χ1n) is 6.49. The van der Waals surface area contributed by atoms with E-state index in [2.05, 4.69) is 28.0 Å². The van der Waals surface area contributed by atoms with Crippen LogP contribution in [0.15, 0.2) is 4.47 Å². The van der Waals surface area contributed by atoms with Gasteiger partial charge in [-0.05, 0) is 48.4 Å². The summed E-state index contributed by atoms with van der Waals surface area (Å²) in [7, 11) is 0. The zero-order valence-corrected chi connectivity index (χ0v) is 13.3. The van der Waals surface area contributed by atoms with Crippen LogP contribution in [0.4, 0.5) is 0 Å². The van der Waals surface area contributed by atoms with Crippen LogP contribution in [0, 0.1) is 6.92 Å². The Bertz CT molecular complexity index is 438. The molecule has 0 amide bonds. The first kappa shape index (κ1) is 14.1. The van der Waals surface area contributed by atoms with Gasteiger partial charge in [0.15, 0.2) is 5.78 Å². The molecule has 0 aromatic carbocycles. The number of aromatic nitrogens is 2. The molecule has 1 aromatic heterocycles. The highest BCUT2D eigenvalue weighted by Gasteiger charge is 2.24. The summed E-state index contributed by atoms with van der Waals surface area (Å²) in [6.07, 6.45) is 3.99. The predicted molar refractivity (Wildman–Crippen MR) is 79.1 cm³/mol. The van der Waals surface area contributed by atoms with E-state index in [0.29, 0.717) is 12.2 Å². The second-order valence-electron chi connectivity index (χ2n) is 4.66. The molecule has 18 heavy (non-hydrogen) atoms. The summed E-state index contributed by atoms with van der Waals surface area (Å²) in [6.45, 7) is 4.84. The van der Waals surface area contributed by atoms with Gasteiger partial charge in [0.25, 0.3) is 0 Å². The monoisotopic (exact) mass is 330 g/mol. The minimum atomic E-state index is 0.200. The standard InChI is InChI=1S/C13H19BrN2OS/c1-3-16-10(13(14)9(2)15-16)8-11(17)12-6-4-5-7-18-12/h12H,3-8H2,1-2H3. The van der Waals surface area contributed by atoms with Crippen LogP contribution in [0.3, 0.4) is 0 Å². The summed E-state index contributed by atoms with van der Waals surface area (Å²) in [5, 5.41) is 4.64. The summed E-state index contributed by atoms with van der Waals surface area (Å²) in [5.41, 5.74) is 2.00. The molecule has 2 rings (SSSR count). The van der Waals surface area contributed by atoms with E-state index in [-0.39, 0.29) is 5.25 Å². The van der Waals surface area contributed by atoms with Crippen molar-refractivity contribution >= 4 is 33.5 Å². The van der Waals surface area contributed by atoms with Gasteiger partial charge < -0.3 is 0 Å². The Morgan fingerprint density at radius 1 is 1.56 bits per heavy atom. The van der Waals surface area contributed by atoms with E-state index in [4.69, 9.17) is 0 Å². The van der Waals surface area contributed by atoms with Gasteiger partial charge in [0, 0.05) is 6.54 Å². The van der Waals surface area contributed by atoms with Crippen LogP contribution in [0.5, 0.6) is 0 Å². The molecule has 1 aliphatic heterocycles. The molecule has 1 saturated heterocycles. The SMILES string of the molecule is CCn1nc(C)c(Br)c1CC(=O)C1CCCCS1. The lowest BCUT2D eigenvalue weighted by molar-refractivity contribution is -0.118. The Morgan fingerprint density at radius 3 is 2.94 bits per heavy atom. The van der Waals surface area contributed by atoms with Gasteiger partial charge in [-0.15, -0.1) is 0 Å². The highest BCUT2D eigenvalue weighted by atomic mass is 79.9. The van der Waals surface area contributed by atoms with Gasteiger partial charge in [-0.3, -0.25) is 9.48 Å². The number of hydrogen-bond acceptors (Lipinski definition) is 3. The third-order valence-corrected chi connectivity index (χ3v) is 5.79. The largest absolute Gasteiger partial charge is 0.298 e. The summed E-state index contributed by atoms with van der Waals surface area (Å²) in [4.78, 5) is 12.3. The number of carbonyl (C=O) groups excluding carboxylic acids is 1. The van der Waals surface area contributed by atoms with Gasteiger partial charge >= 0.3 is 0 Å². The maximum atomic E-state index is 12.3. The van der Waals surface area contributed by atoms with Crippen LogP contribution >= 0.6 is 27.7 Å². The smallest absolute Gasteiger partial charge is 0.151 e. The van der Waals surface area contributed by atoms with E-state index in [1.54, 1.807) is 0 Å². The van der Waals surface area contributed by atoms with Crippen LogP contribution in [-0.4, -0.2) is 26.6 Å². The quantitative estimate of drug-likeness (QED) is 0.848. The van der Waals surface area contributed by atoms with Crippen molar-refractivity contribution in [2.45, 2.75) is 51.3 Å². The molecule has 100 valence electrons. The minimum Gasteiger partial charge on any atom is -0.298 e. The molecular weight excluding hydrogens is 312 g/mol. The Labute approximate surface area is 121 Å². The molecule has 0 bridgehead atoms. The van der Waals surface area contributed by atoms with Crippen LogP contribution in [0.1, 0.15) is 37.6 Å². The molecule has 1 unspecified atom stereocenters. The first-order chi connectivity index (χ1) is 8.63. The molecule has 2 heterocycles. The van der Waals surface area contributed by atoms with Gasteiger partial charge in [-0.2, -0.15) is 16.9 Å². The molecule has 1 aromatic rings. The second kappa shape index (κ2) is 6.24. The van der Waals surface area contributed by atoms with Gasteiger partial charge in [0.2, 0.25) is 0 Å². The lowest BCUT2D eigenvalue weighted by Crippen LogP contribution is -2.24. The average Bonchev–Trinajstić information content (AvgIpc) is 2.67. The maximum absolute atomic E-state index is 12.3. The third-order valence-electron chi connectivity index (χ3n) is 3.33. The number of carbonyl (C=O) groups is 1. The molecule has 1 atom stereocenters. The minimum absolute atomic E-state index is 0.200. The Balaban J connectivity index is 2.10. The lowest BCUT2D eigenvalue weighted by atomic mass is 10.1. The van der Waals surface area contributed by atoms with Crippen molar-refractivity contribution in [3.63, 3.8) is 0 Å². The molecule has 1 aliphatic rings. The summed E-state index contributed by atoms with van der Waals surface area (Å²) >= 11 is 5.37. The van der Waals surface area contributed by atoms with Crippen molar-refractivity contribution in [2.24, 2.45) is 0 Å². The molecular formula is C13H19BrN2OS. The second-order valence-corrected chi connectivity index (χ2v) is 6.76. The molecule has 5 heteroatoms. The van der Waals surface area contributed by atoms with Gasteiger partial charge in [0.1, 0.15) is 0 Å². The van der Waals surface area contributed by atoms with Crippen LogP contribution in [-0.2, 0) is 17.8 Å². The molecule has 0 aliphatic carbocycles. The molecule has 3 nitrogen and oxygen atoms in total. The Kier molecular flexibility index (Phi) is 4.90. The molecule has 0 N–H and O–H groups in total. The van der Waals surface area contributed by atoms with Crippen LogP contribution in [0.25, 0.3) is 0 Å². The molecule has 0 radical (unpaired) electrons. The number of ketones is 1. The first-order valence-corrected chi connectivity index (χ1v) is 8.33. The van der Waals surface area contributed by atoms with Gasteiger partial charge in [-0.1, -0.05) is 6.42 Å². The van der Waals surface area contributed by atoms with Crippen molar-refractivity contribution in [1.82, 2.24) is 9.78 Å². The summed E-state index contributed by atoms with van der Waals surface area (Å²) < 4.78 is 2.93. The van der Waals surface area contributed by atoms with Crippen molar-refractivity contribution in [3.05, 3.63) is 15.9 Å². The topological polar surface area (TPSA) is 34.9 Å². The molecule has 1 fully saturated rings. The summed E-state index contributed by atoms with van der Waals surface area (Å²) in [6, 6.07) is 0. The van der Waals surface area contributed by atoms with Crippen molar-refractivity contribution in [2.75, 3.05) is 5.75 Å². The van der Waals surface area contributed by atoms with Crippen molar-refractivity contribution in [1.29, 1.82) is 0 Å². The lowest BCUT2D eigenvalue weighted by Gasteiger charge is -2.20. The average molecular weight is 331 g/mol. The highest BCUT2D eigenvalue weighted by Crippen LogP contribution is 2.28. The number of thioether (sulfide) groups is 1. The normalized spacial score (nSPS) is 20.1. The van der Waals surface area contributed by atoms with E-state index in [9.17, 15) is 4.79 Å². The number of halogens is 1. The molecule has 0 saturated carbocycles. The molecule has 0 spiro atoms. The van der Waals surface area contributed by atoms with Gasteiger partial charge in [-0.25, -0.2) is 0 Å². The summed E-state index contributed by atoms with van der Waals surface area (Å²) in [5.74, 6) is 1.49. The van der Waals surface area contributed by atoms with Gasteiger partial charge in [0.05, 0.1) is 27.5 Å². The maximum Gasteiger partial charge on any atom is 0.151 e. The van der Waals surface area contributed by atoms with E-state index >= 15 is 0 Å². The number of Topliss-reactive ketones (excluding diaryl/α,β-unsaturated/α-hetero) is 1. The third kappa shape index (κ3) is 2.99. The number of hydrogen-bond donors (Lipinski definition) is 0. The fourth-order valence-corrected chi connectivity index (χ4v) is 3.99. The fraction of sp³-hybridized carbons (Fsp3) is 0.692. The highest BCUT2D eigenvalue weighted by molar-refractivity contribution is 9.10. The van der Waals surface area contributed by atoms with Crippen molar-refractivity contribution < 1.29 is 4.79 Å². The fourth-order valence-electron chi connectivity index (χ4n) is 2.31. The number of aryl methyl sites for hydroxylation is 2. The Hall–Kier alpha value is -0.290. The zero-order chi connectivity index (χ0) is 13.1. The zero-order valence-electron chi connectivity index (χ0n) is 10.9. The Morgan fingerprint density at radius 2 is 2.33 bits per heavy atom. The van der Waals surface area contributed by atoms with Crippen LogP contribution < -0.4 is 0 Å². The van der Waals surface area contributed by atoms with E-state index in [0.717, 1.165) is 34.6 Å². The van der Waals surface area contributed by atoms with Crippen LogP contribution in [0.2, 0.25) is 0 Å². The van der Waals surface area contributed by atoms with Crippen molar-refractivity contribution in [3.8, 4) is 0 Å². The van der Waals surface area contributed by atoms with E-state index in [1.165, 1.54) is 12.8 Å². The number of nitrogens with zero attached hydrogens (tertiary/aromatic N) is 2. The predicted octanol–water partition coefficient (Wildman–Crippen LogP) is 3.37. The van der Waals surface area contributed by atoms with E-state index < -0.39 is 0 Å².